The molecule has 0 radical (unpaired) electrons. The highest BCUT2D eigenvalue weighted by Crippen LogP contribution is 2.38. The van der Waals surface area contributed by atoms with Gasteiger partial charge in [-0.05, 0) is 25.0 Å². The summed E-state index contributed by atoms with van der Waals surface area (Å²) < 4.78 is 0. The van der Waals surface area contributed by atoms with Crippen LogP contribution in [-0.2, 0) is 14.4 Å². The molecule has 8 heteroatoms. The Morgan fingerprint density at radius 2 is 1.89 bits per heavy atom. The first-order chi connectivity index (χ1) is 13.1. The molecule has 1 aliphatic heterocycles. The lowest BCUT2D eigenvalue weighted by molar-refractivity contribution is -0.140. The molecule has 2 fully saturated rings. The van der Waals surface area contributed by atoms with Gasteiger partial charge in [0.1, 0.15) is 5.69 Å². The van der Waals surface area contributed by atoms with Gasteiger partial charge in [0.15, 0.2) is 5.13 Å². The van der Waals surface area contributed by atoms with Gasteiger partial charge in [-0.2, -0.15) is 0 Å². The molecule has 1 saturated heterocycles. The molecule has 1 aliphatic carbocycles. The van der Waals surface area contributed by atoms with Gasteiger partial charge < -0.3 is 5.32 Å². The van der Waals surface area contributed by atoms with Crippen LogP contribution in [0.4, 0.5) is 5.13 Å². The fourth-order valence-corrected chi connectivity index (χ4v) is 4.53. The van der Waals surface area contributed by atoms with Gasteiger partial charge in [0.05, 0.1) is 17.5 Å². The lowest BCUT2D eigenvalue weighted by Crippen LogP contribution is -2.34. The van der Waals surface area contributed by atoms with E-state index < -0.39 is 0 Å². The van der Waals surface area contributed by atoms with Gasteiger partial charge in [-0.1, -0.05) is 18.9 Å². The number of rotatable bonds is 5. The molecule has 140 valence electrons. The molecule has 2 aliphatic rings. The van der Waals surface area contributed by atoms with Gasteiger partial charge in [-0.25, -0.2) is 4.98 Å². The van der Waals surface area contributed by atoms with Crippen molar-refractivity contribution in [2.24, 2.45) is 11.8 Å². The van der Waals surface area contributed by atoms with Gasteiger partial charge >= 0.3 is 0 Å². The minimum atomic E-state index is -0.257. The van der Waals surface area contributed by atoms with Crippen molar-refractivity contribution in [1.29, 1.82) is 0 Å². The van der Waals surface area contributed by atoms with E-state index >= 15 is 0 Å². The zero-order valence-electron chi connectivity index (χ0n) is 14.8. The van der Waals surface area contributed by atoms with Gasteiger partial charge in [0.25, 0.3) is 0 Å². The van der Waals surface area contributed by atoms with E-state index in [9.17, 15) is 14.4 Å². The van der Waals surface area contributed by atoms with Crippen molar-refractivity contribution in [2.45, 2.75) is 32.1 Å². The van der Waals surface area contributed by atoms with Crippen LogP contribution in [-0.4, -0.2) is 39.1 Å². The maximum absolute atomic E-state index is 12.4. The molecule has 2 atom stereocenters. The van der Waals surface area contributed by atoms with Crippen molar-refractivity contribution >= 4 is 34.2 Å². The number of nitrogens with zero attached hydrogens (tertiary/aromatic N) is 3. The van der Waals surface area contributed by atoms with Gasteiger partial charge in [-0.3, -0.25) is 24.3 Å². The van der Waals surface area contributed by atoms with Crippen LogP contribution in [0.2, 0.25) is 0 Å². The summed E-state index contributed by atoms with van der Waals surface area (Å²) in [4.78, 5) is 47.0. The molecule has 2 aromatic heterocycles. The van der Waals surface area contributed by atoms with Crippen molar-refractivity contribution < 1.29 is 14.4 Å². The standard InChI is InChI=1S/C19H20N4O3S/c24-16(22-19-21-15(11-27-19)14-7-3-4-9-20-14)8-10-23-17(25)12-5-1-2-6-13(12)18(23)26/h3-4,7,9,11-13H,1-2,5-6,8,10H2,(H,21,22,24)/t12-,13+. The summed E-state index contributed by atoms with van der Waals surface area (Å²) >= 11 is 1.32. The third-order valence-corrected chi connectivity index (χ3v) is 5.93. The van der Waals surface area contributed by atoms with E-state index in [1.54, 1.807) is 6.20 Å². The quantitative estimate of drug-likeness (QED) is 0.800. The Hall–Kier alpha value is -2.61. The van der Waals surface area contributed by atoms with Crippen LogP contribution in [0, 0.1) is 11.8 Å². The van der Waals surface area contributed by atoms with Crippen molar-refractivity contribution in [3.63, 3.8) is 0 Å². The van der Waals surface area contributed by atoms with Crippen molar-refractivity contribution in [1.82, 2.24) is 14.9 Å². The molecule has 7 nitrogen and oxygen atoms in total. The summed E-state index contributed by atoms with van der Waals surface area (Å²) in [6.45, 7) is 0.134. The predicted octanol–water partition coefficient (Wildman–Crippen LogP) is 2.71. The monoisotopic (exact) mass is 384 g/mol. The number of pyridine rings is 1. The molecule has 4 rings (SSSR count). The van der Waals surface area contributed by atoms with E-state index in [4.69, 9.17) is 0 Å². The molecule has 27 heavy (non-hydrogen) atoms. The van der Waals surface area contributed by atoms with Crippen molar-refractivity contribution in [2.75, 3.05) is 11.9 Å². The highest BCUT2D eigenvalue weighted by molar-refractivity contribution is 7.14. The SMILES string of the molecule is O=C(CCN1C(=O)[C@H]2CCCC[C@H]2C1=O)Nc1nc(-c2ccccn2)cs1. The Labute approximate surface area is 160 Å². The summed E-state index contributed by atoms with van der Waals surface area (Å²) in [7, 11) is 0. The molecule has 0 aromatic carbocycles. The summed E-state index contributed by atoms with van der Waals surface area (Å²) in [5, 5.41) is 5.05. The van der Waals surface area contributed by atoms with Crippen LogP contribution in [0.15, 0.2) is 29.8 Å². The number of amides is 3. The molecule has 2 aromatic rings. The predicted molar refractivity (Wildman–Crippen MR) is 101 cm³/mol. The first-order valence-corrected chi connectivity index (χ1v) is 10.0. The normalized spacial score (nSPS) is 22.0. The Balaban J connectivity index is 1.33. The minimum Gasteiger partial charge on any atom is -0.302 e. The number of likely N-dealkylation sites (tertiary alicyclic amines) is 1. The molecular formula is C19H20N4O3S. The Kier molecular flexibility index (Phi) is 4.98. The van der Waals surface area contributed by atoms with Crippen molar-refractivity contribution in [3.8, 4) is 11.4 Å². The molecule has 1 saturated carbocycles. The van der Waals surface area contributed by atoms with E-state index in [0.717, 1.165) is 31.4 Å². The Bertz CT molecular complexity index is 843. The van der Waals surface area contributed by atoms with Crippen LogP contribution < -0.4 is 5.32 Å². The largest absolute Gasteiger partial charge is 0.302 e. The smallest absolute Gasteiger partial charge is 0.233 e. The van der Waals surface area contributed by atoms with E-state index in [1.165, 1.54) is 16.2 Å². The number of carbonyl (C=O) groups is 3. The number of anilines is 1. The van der Waals surface area contributed by atoms with E-state index in [-0.39, 0.29) is 42.5 Å². The molecule has 1 N–H and O–H groups in total. The Morgan fingerprint density at radius 3 is 2.56 bits per heavy atom. The fraction of sp³-hybridized carbons (Fsp3) is 0.421. The van der Waals surface area contributed by atoms with Crippen molar-refractivity contribution in [3.05, 3.63) is 29.8 Å². The number of carbonyl (C=O) groups excluding carboxylic acids is 3. The summed E-state index contributed by atoms with van der Waals surface area (Å²) in [5.74, 6) is -0.816. The van der Waals surface area contributed by atoms with Gasteiger partial charge in [-0.15, -0.1) is 11.3 Å². The molecule has 0 unspecified atom stereocenters. The van der Waals surface area contributed by atoms with Crippen LogP contribution in [0.25, 0.3) is 11.4 Å². The second-order valence-electron chi connectivity index (χ2n) is 6.88. The second kappa shape index (κ2) is 7.56. The first kappa shape index (κ1) is 17.8. The summed E-state index contributed by atoms with van der Waals surface area (Å²) in [5.41, 5.74) is 1.44. The maximum atomic E-state index is 12.4. The molecule has 0 bridgehead atoms. The number of nitrogens with one attached hydrogen (secondary N) is 1. The average molecular weight is 384 g/mol. The number of hydrogen-bond donors (Lipinski definition) is 1. The van der Waals surface area contributed by atoms with Gasteiger partial charge in [0.2, 0.25) is 17.7 Å². The number of imide groups is 1. The number of aromatic nitrogens is 2. The number of hydrogen-bond acceptors (Lipinski definition) is 6. The van der Waals surface area contributed by atoms with Gasteiger partial charge in [0, 0.05) is 24.5 Å². The number of fused-ring (bicyclic) bond motifs is 1. The molecule has 0 spiro atoms. The van der Waals surface area contributed by atoms with Crippen LogP contribution in [0.3, 0.4) is 0 Å². The summed E-state index contributed by atoms with van der Waals surface area (Å²) in [6, 6.07) is 5.56. The van der Waals surface area contributed by atoms with E-state index in [1.807, 2.05) is 23.6 Å². The van der Waals surface area contributed by atoms with Crippen LogP contribution >= 0.6 is 11.3 Å². The highest BCUT2D eigenvalue weighted by atomic mass is 32.1. The fourth-order valence-electron chi connectivity index (χ4n) is 3.81. The molecular weight excluding hydrogens is 364 g/mol. The van der Waals surface area contributed by atoms with Crippen LogP contribution in [0.1, 0.15) is 32.1 Å². The molecule has 3 amide bonds. The average Bonchev–Trinajstić information content (AvgIpc) is 3.25. The number of thiazole rings is 1. The first-order valence-electron chi connectivity index (χ1n) is 9.15. The van der Waals surface area contributed by atoms with E-state index in [0.29, 0.717) is 10.8 Å². The lowest BCUT2D eigenvalue weighted by atomic mass is 9.81. The Morgan fingerprint density at radius 1 is 1.15 bits per heavy atom. The zero-order valence-corrected chi connectivity index (χ0v) is 15.6. The third kappa shape index (κ3) is 3.62. The maximum Gasteiger partial charge on any atom is 0.233 e. The lowest BCUT2D eigenvalue weighted by Gasteiger charge is -2.19. The second-order valence-corrected chi connectivity index (χ2v) is 7.73. The van der Waals surface area contributed by atoms with E-state index in [2.05, 4.69) is 15.3 Å². The molecule has 3 heterocycles. The topological polar surface area (TPSA) is 92.3 Å². The third-order valence-electron chi connectivity index (χ3n) is 5.17. The van der Waals surface area contributed by atoms with Crippen LogP contribution in [0.5, 0.6) is 0 Å². The minimum absolute atomic E-state index is 0.0788. The highest BCUT2D eigenvalue weighted by Gasteiger charge is 2.47. The zero-order chi connectivity index (χ0) is 18.8. The summed E-state index contributed by atoms with van der Waals surface area (Å²) in [6.07, 6.45) is 5.33.